The summed E-state index contributed by atoms with van der Waals surface area (Å²) in [6, 6.07) is 8.59. The summed E-state index contributed by atoms with van der Waals surface area (Å²) in [4.78, 5) is 32.7. The Morgan fingerprint density at radius 3 is 2.48 bits per heavy atom. The minimum absolute atomic E-state index is 0. The van der Waals surface area contributed by atoms with Gasteiger partial charge in [0.25, 0.3) is 5.91 Å². The number of hydrogen-bond acceptors (Lipinski definition) is 8. The van der Waals surface area contributed by atoms with Crippen LogP contribution in [0.2, 0.25) is 0 Å². The highest BCUT2D eigenvalue weighted by molar-refractivity contribution is 7.22. The van der Waals surface area contributed by atoms with Gasteiger partial charge in [0.1, 0.15) is 11.3 Å². The van der Waals surface area contributed by atoms with Gasteiger partial charge < -0.3 is 9.64 Å². The highest BCUT2D eigenvalue weighted by Gasteiger charge is 2.25. The van der Waals surface area contributed by atoms with E-state index in [0.717, 1.165) is 34.6 Å². The predicted octanol–water partition coefficient (Wildman–Crippen LogP) is 5.08. The van der Waals surface area contributed by atoms with Crippen LogP contribution in [0.15, 0.2) is 30.3 Å². The molecule has 31 heavy (non-hydrogen) atoms. The lowest BCUT2D eigenvalue weighted by Crippen LogP contribution is -2.38. The molecular weight excluding hydrogens is 460 g/mol. The monoisotopic (exact) mass is 484 g/mol. The molecule has 168 valence electrons. The fraction of sp³-hybridized carbons (Fsp3) is 0.400. The minimum atomic E-state index is -0.478. The molecule has 0 radical (unpaired) electrons. The molecule has 3 aromatic rings. The lowest BCUT2D eigenvalue weighted by molar-refractivity contribution is -0.380. The maximum Gasteiger partial charge on any atom is 0.324 e. The summed E-state index contributed by atoms with van der Waals surface area (Å²) in [5, 5.41) is 11.6. The zero-order valence-electron chi connectivity index (χ0n) is 17.6. The highest BCUT2D eigenvalue weighted by Crippen LogP contribution is 2.35. The number of para-hydroxylation sites is 1. The first-order chi connectivity index (χ1) is 14.5. The van der Waals surface area contributed by atoms with Crippen molar-refractivity contribution in [2.75, 3.05) is 37.7 Å². The van der Waals surface area contributed by atoms with Crippen LogP contribution in [0.3, 0.4) is 0 Å². The molecule has 0 spiro atoms. The molecular formula is C20H25ClN4O4S2. The van der Waals surface area contributed by atoms with E-state index < -0.39 is 4.92 Å². The van der Waals surface area contributed by atoms with Crippen molar-refractivity contribution in [1.29, 1.82) is 0 Å². The molecule has 2 aromatic heterocycles. The minimum Gasteiger partial charge on any atom is -0.492 e. The van der Waals surface area contributed by atoms with E-state index in [9.17, 15) is 14.9 Å². The van der Waals surface area contributed by atoms with Crippen molar-refractivity contribution in [3.63, 3.8) is 0 Å². The van der Waals surface area contributed by atoms with Crippen LogP contribution < -0.4 is 9.64 Å². The summed E-state index contributed by atoms with van der Waals surface area (Å²) in [6.45, 7) is 9.45. The molecule has 0 saturated heterocycles. The average Bonchev–Trinajstić information content (AvgIpc) is 3.39. The predicted molar refractivity (Wildman–Crippen MR) is 128 cm³/mol. The van der Waals surface area contributed by atoms with Crippen molar-refractivity contribution >= 4 is 61.3 Å². The Balaban J connectivity index is 0.00000341. The van der Waals surface area contributed by atoms with Crippen molar-refractivity contribution in [3.05, 3.63) is 45.3 Å². The zero-order valence-corrected chi connectivity index (χ0v) is 20.0. The Morgan fingerprint density at radius 2 is 1.87 bits per heavy atom. The molecule has 0 saturated carbocycles. The molecule has 11 heteroatoms. The van der Waals surface area contributed by atoms with Gasteiger partial charge in [-0.05, 0) is 38.2 Å². The zero-order chi connectivity index (χ0) is 21.7. The first-order valence-electron chi connectivity index (χ1n) is 9.79. The molecule has 1 amide bonds. The average molecular weight is 485 g/mol. The number of nitro groups is 1. The molecule has 0 unspecified atom stereocenters. The van der Waals surface area contributed by atoms with E-state index in [2.05, 4.69) is 18.7 Å². The van der Waals surface area contributed by atoms with Crippen molar-refractivity contribution in [1.82, 2.24) is 9.88 Å². The number of nitrogens with zero attached hydrogens (tertiary/aromatic N) is 4. The maximum absolute atomic E-state index is 13.3. The second-order valence-corrected chi connectivity index (χ2v) is 8.48. The van der Waals surface area contributed by atoms with Crippen LogP contribution in [0, 0.1) is 10.1 Å². The molecule has 0 N–H and O–H groups in total. The van der Waals surface area contributed by atoms with Crippen LogP contribution in [0.25, 0.3) is 10.2 Å². The molecule has 0 fully saturated rings. The van der Waals surface area contributed by atoms with Crippen molar-refractivity contribution < 1.29 is 14.5 Å². The number of rotatable bonds is 10. The summed E-state index contributed by atoms with van der Waals surface area (Å²) in [7, 11) is 0. The number of likely N-dealkylation sites (N-methyl/N-ethyl adjacent to an activating group) is 1. The van der Waals surface area contributed by atoms with Gasteiger partial charge in [-0.1, -0.05) is 42.6 Å². The number of aromatic nitrogens is 1. The van der Waals surface area contributed by atoms with Crippen LogP contribution in [-0.4, -0.2) is 53.5 Å². The van der Waals surface area contributed by atoms with Crippen LogP contribution >= 0.6 is 35.1 Å². The quantitative estimate of drug-likeness (QED) is 0.294. The van der Waals surface area contributed by atoms with Crippen LogP contribution in [0.4, 0.5) is 10.1 Å². The number of hydrogen-bond donors (Lipinski definition) is 0. The number of carbonyl (C=O) groups excluding carboxylic acids is 1. The maximum atomic E-state index is 13.3. The van der Waals surface area contributed by atoms with E-state index in [1.807, 2.05) is 25.1 Å². The molecule has 0 aliphatic rings. The normalized spacial score (nSPS) is 10.8. The Hall–Kier alpha value is -2.27. The number of fused-ring (bicyclic) bond motifs is 1. The first-order valence-corrected chi connectivity index (χ1v) is 11.4. The summed E-state index contributed by atoms with van der Waals surface area (Å²) in [6.07, 6.45) is 0. The van der Waals surface area contributed by atoms with Crippen LogP contribution in [0.1, 0.15) is 30.4 Å². The smallest absolute Gasteiger partial charge is 0.324 e. The third-order valence-corrected chi connectivity index (χ3v) is 6.73. The van der Waals surface area contributed by atoms with Gasteiger partial charge in [0.2, 0.25) is 0 Å². The van der Waals surface area contributed by atoms with E-state index >= 15 is 0 Å². The molecule has 0 bridgehead atoms. The molecule has 8 nitrogen and oxygen atoms in total. The van der Waals surface area contributed by atoms with Gasteiger partial charge in [0.15, 0.2) is 5.13 Å². The fourth-order valence-corrected chi connectivity index (χ4v) is 4.82. The standard InChI is InChI=1S/C20H24N4O4S2.ClH/c1-4-22(5-2)12-13-23(19(25)16-10-11-17(29-16)24(26)27)20-21-18-14(28-6-3)8-7-9-15(18)30-20;/h7-11H,4-6,12-13H2,1-3H3;1H. The first kappa shape index (κ1) is 25.0. The fourth-order valence-electron chi connectivity index (χ4n) is 3.04. The lowest BCUT2D eigenvalue weighted by Gasteiger charge is -2.24. The van der Waals surface area contributed by atoms with Gasteiger partial charge in [0, 0.05) is 19.2 Å². The van der Waals surface area contributed by atoms with Crippen LogP contribution in [0.5, 0.6) is 5.75 Å². The number of thiophene rings is 1. The third kappa shape index (κ3) is 5.70. The van der Waals surface area contributed by atoms with Crippen molar-refractivity contribution in [2.24, 2.45) is 0 Å². The van der Waals surface area contributed by atoms with E-state index in [1.54, 1.807) is 4.90 Å². The molecule has 0 atom stereocenters. The Morgan fingerprint density at radius 1 is 1.13 bits per heavy atom. The highest BCUT2D eigenvalue weighted by atomic mass is 35.5. The summed E-state index contributed by atoms with van der Waals surface area (Å²) in [5.41, 5.74) is 0.720. The van der Waals surface area contributed by atoms with Crippen molar-refractivity contribution in [3.8, 4) is 5.75 Å². The van der Waals surface area contributed by atoms with Gasteiger partial charge in [-0.15, -0.1) is 12.4 Å². The Labute approximate surface area is 195 Å². The molecule has 1 aromatic carbocycles. The van der Waals surface area contributed by atoms with Gasteiger partial charge in [-0.3, -0.25) is 19.8 Å². The van der Waals surface area contributed by atoms with E-state index in [0.29, 0.717) is 35.5 Å². The molecule has 3 rings (SSSR count). The van der Waals surface area contributed by atoms with Gasteiger partial charge in [-0.25, -0.2) is 4.98 Å². The molecule has 0 aliphatic heterocycles. The van der Waals surface area contributed by atoms with Crippen molar-refractivity contribution in [2.45, 2.75) is 20.8 Å². The van der Waals surface area contributed by atoms with Gasteiger partial charge in [0.05, 0.1) is 21.1 Å². The van der Waals surface area contributed by atoms with Crippen LogP contribution in [-0.2, 0) is 0 Å². The second-order valence-electron chi connectivity index (χ2n) is 6.41. The van der Waals surface area contributed by atoms with E-state index in [1.165, 1.54) is 23.5 Å². The summed E-state index contributed by atoms with van der Waals surface area (Å²) < 4.78 is 6.60. The summed E-state index contributed by atoms with van der Waals surface area (Å²) in [5.74, 6) is 0.401. The number of amides is 1. The number of ether oxygens (including phenoxy) is 1. The molecule has 2 heterocycles. The largest absolute Gasteiger partial charge is 0.492 e. The number of carbonyl (C=O) groups is 1. The number of benzene rings is 1. The lowest BCUT2D eigenvalue weighted by atomic mass is 10.3. The number of halogens is 1. The third-order valence-electron chi connectivity index (χ3n) is 4.66. The number of anilines is 1. The van der Waals surface area contributed by atoms with E-state index in [4.69, 9.17) is 9.72 Å². The molecule has 0 aliphatic carbocycles. The summed E-state index contributed by atoms with van der Waals surface area (Å²) >= 11 is 2.30. The van der Waals surface area contributed by atoms with Gasteiger partial charge >= 0.3 is 5.00 Å². The van der Waals surface area contributed by atoms with E-state index in [-0.39, 0.29) is 23.3 Å². The Bertz CT molecular complexity index is 1040. The number of thiazole rings is 1. The van der Waals surface area contributed by atoms with Gasteiger partial charge in [-0.2, -0.15) is 0 Å². The topological polar surface area (TPSA) is 88.8 Å². The Kier molecular flexibility index (Phi) is 9.17. The second kappa shape index (κ2) is 11.4. The SMILES string of the molecule is CCOc1cccc2sc(N(CCN(CC)CC)C(=O)c3ccc([N+](=O)[O-])s3)nc12.Cl.